The fraction of sp³-hybridized carbons (Fsp3) is 0.357. The molecule has 4 heteroatoms. The number of ether oxygens (including phenoxy) is 1. The summed E-state index contributed by atoms with van der Waals surface area (Å²) in [6, 6.07) is 5.72. The quantitative estimate of drug-likeness (QED) is 0.771. The Morgan fingerprint density at radius 1 is 1.44 bits per heavy atom. The predicted molar refractivity (Wildman–Crippen MR) is 70.0 cm³/mol. The maximum absolute atomic E-state index is 10.8. The van der Waals surface area contributed by atoms with Gasteiger partial charge in [-0.25, -0.2) is 0 Å². The van der Waals surface area contributed by atoms with E-state index in [0.717, 1.165) is 35.1 Å². The number of hydrogen-bond acceptors (Lipinski definition) is 2. The fourth-order valence-corrected chi connectivity index (χ4v) is 1.89. The minimum atomic E-state index is -0.826. The molecule has 96 valence electrons. The third kappa shape index (κ3) is 2.83. The van der Waals surface area contributed by atoms with Crippen LogP contribution in [0.4, 0.5) is 0 Å². The molecule has 0 saturated heterocycles. The van der Waals surface area contributed by atoms with Crippen LogP contribution in [0.5, 0.6) is 5.75 Å². The van der Waals surface area contributed by atoms with E-state index in [9.17, 15) is 4.79 Å². The van der Waals surface area contributed by atoms with Crippen LogP contribution in [0.25, 0.3) is 10.9 Å². The van der Waals surface area contributed by atoms with Crippen LogP contribution in [0.1, 0.15) is 25.3 Å². The molecule has 0 radical (unpaired) electrons. The number of hydrogen-bond donors (Lipinski definition) is 2. The lowest BCUT2D eigenvalue weighted by molar-refractivity contribution is -0.136. The minimum absolute atomic E-state index is 0.0262. The molecule has 0 unspecified atom stereocenters. The van der Waals surface area contributed by atoms with Gasteiger partial charge in [-0.2, -0.15) is 0 Å². The average Bonchev–Trinajstić information content (AvgIpc) is 2.72. The summed E-state index contributed by atoms with van der Waals surface area (Å²) >= 11 is 0. The minimum Gasteiger partial charge on any atom is -0.494 e. The molecular formula is C14H17NO3. The first-order valence-electron chi connectivity index (χ1n) is 6.15. The van der Waals surface area contributed by atoms with Crippen LogP contribution in [-0.2, 0) is 11.2 Å². The highest BCUT2D eigenvalue weighted by Crippen LogP contribution is 2.24. The number of rotatable bonds is 6. The molecule has 0 spiro atoms. The van der Waals surface area contributed by atoms with E-state index in [0.29, 0.717) is 6.61 Å². The van der Waals surface area contributed by atoms with Crippen molar-refractivity contribution in [3.8, 4) is 5.75 Å². The number of aromatic amines is 1. The summed E-state index contributed by atoms with van der Waals surface area (Å²) in [6.45, 7) is 2.81. The smallest absolute Gasteiger partial charge is 0.307 e. The lowest BCUT2D eigenvalue weighted by Gasteiger charge is -2.05. The molecule has 0 amide bonds. The molecule has 0 bridgehead atoms. The van der Waals surface area contributed by atoms with Gasteiger partial charge in [0.15, 0.2) is 0 Å². The van der Waals surface area contributed by atoms with Crippen molar-refractivity contribution < 1.29 is 14.6 Å². The Hall–Kier alpha value is -1.97. The van der Waals surface area contributed by atoms with Crippen molar-refractivity contribution in [2.24, 2.45) is 0 Å². The SMILES string of the molecule is CCCCOc1ccc2[nH]cc(CC(=O)O)c2c1. The summed E-state index contributed by atoms with van der Waals surface area (Å²) in [6.07, 6.45) is 3.89. The first-order chi connectivity index (χ1) is 8.70. The Bertz CT molecular complexity index is 545. The summed E-state index contributed by atoms with van der Waals surface area (Å²) in [7, 11) is 0. The Balaban J connectivity index is 2.21. The van der Waals surface area contributed by atoms with Crippen molar-refractivity contribution in [3.05, 3.63) is 30.0 Å². The number of carboxylic acid groups (broad SMARTS) is 1. The van der Waals surface area contributed by atoms with Gasteiger partial charge in [0.1, 0.15) is 5.75 Å². The molecule has 0 saturated carbocycles. The van der Waals surface area contributed by atoms with Crippen molar-refractivity contribution in [2.75, 3.05) is 6.61 Å². The molecule has 1 aromatic heterocycles. The summed E-state index contributed by atoms with van der Waals surface area (Å²) in [5.74, 6) is -0.0320. The van der Waals surface area contributed by atoms with Crippen LogP contribution < -0.4 is 4.74 Å². The van der Waals surface area contributed by atoms with Crippen molar-refractivity contribution in [3.63, 3.8) is 0 Å². The summed E-state index contributed by atoms with van der Waals surface area (Å²) in [4.78, 5) is 13.8. The monoisotopic (exact) mass is 247 g/mol. The zero-order valence-electron chi connectivity index (χ0n) is 10.4. The second-order valence-corrected chi connectivity index (χ2v) is 4.29. The van der Waals surface area contributed by atoms with E-state index in [2.05, 4.69) is 11.9 Å². The maximum atomic E-state index is 10.8. The van der Waals surface area contributed by atoms with Gasteiger partial charge in [-0.1, -0.05) is 13.3 Å². The second kappa shape index (κ2) is 5.58. The van der Waals surface area contributed by atoms with Crippen LogP contribution >= 0.6 is 0 Å². The molecule has 1 aromatic carbocycles. The Kier molecular flexibility index (Phi) is 3.87. The molecule has 0 aliphatic rings. The van der Waals surface area contributed by atoms with Crippen LogP contribution in [-0.4, -0.2) is 22.7 Å². The van der Waals surface area contributed by atoms with Gasteiger partial charge < -0.3 is 14.8 Å². The first-order valence-corrected chi connectivity index (χ1v) is 6.15. The highest BCUT2D eigenvalue weighted by atomic mass is 16.5. The Morgan fingerprint density at radius 2 is 2.28 bits per heavy atom. The predicted octanol–water partition coefficient (Wildman–Crippen LogP) is 2.97. The topological polar surface area (TPSA) is 62.3 Å². The molecule has 2 rings (SSSR count). The van der Waals surface area contributed by atoms with Gasteiger partial charge in [0.05, 0.1) is 13.0 Å². The number of carboxylic acids is 1. The molecule has 18 heavy (non-hydrogen) atoms. The number of aliphatic carboxylic acids is 1. The van der Waals surface area contributed by atoms with E-state index < -0.39 is 5.97 Å². The fourth-order valence-electron chi connectivity index (χ4n) is 1.89. The first kappa shape index (κ1) is 12.5. The van der Waals surface area contributed by atoms with E-state index in [4.69, 9.17) is 9.84 Å². The van der Waals surface area contributed by atoms with Gasteiger partial charge in [-0.05, 0) is 30.2 Å². The average molecular weight is 247 g/mol. The number of aromatic nitrogens is 1. The zero-order valence-corrected chi connectivity index (χ0v) is 10.4. The third-order valence-corrected chi connectivity index (χ3v) is 2.85. The summed E-state index contributed by atoms with van der Waals surface area (Å²) in [5.41, 5.74) is 1.73. The van der Waals surface area contributed by atoms with E-state index in [-0.39, 0.29) is 6.42 Å². The van der Waals surface area contributed by atoms with Crippen molar-refractivity contribution in [1.29, 1.82) is 0 Å². The summed E-state index contributed by atoms with van der Waals surface area (Å²) in [5, 5.41) is 9.76. The number of carbonyl (C=O) groups is 1. The van der Waals surface area contributed by atoms with E-state index in [1.54, 1.807) is 6.20 Å². The molecule has 0 atom stereocenters. The molecule has 2 aromatic rings. The Labute approximate surface area is 106 Å². The third-order valence-electron chi connectivity index (χ3n) is 2.85. The van der Waals surface area contributed by atoms with E-state index in [1.807, 2.05) is 18.2 Å². The highest BCUT2D eigenvalue weighted by molar-refractivity contribution is 5.87. The molecular weight excluding hydrogens is 230 g/mol. The van der Waals surface area contributed by atoms with Crippen LogP contribution in [0.15, 0.2) is 24.4 Å². The van der Waals surface area contributed by atoms with Crippen LogP contribution in [0.2, 0.25) is 0 Å². The largest absolute Gasteiger partial charge is 0.494 e. The lowest BCUT2D eigenvalue weighted by Crippen LogP contribution is -1.99. The molecule has 0 aliphatic carbocycles. The second-order valence-electron chi connectivity index (χ2n) is 4.29. The molecule has 0 aliphatic heterocycles. The van der Waals surface area contributed by atoms with Crippen molar-refractivity contribution in [1.82, 2.24) is 4.98 Å². The number of fused-ring (bicyclic) bond motifs is 1. The Morgan fingerprint density at radius 3 is 3.00 bits per heavy atom. The van der Waals surface area contributed by atoms with Gasteiger partial charge >= 0.3 is 5.97 Å². The molecule has 0 fully saturated rings. The van der Waals surface area contributed by atoms with Crippen molar-refractivity contribution in [2.45, 2.75) is 26.2 Å². The zero-order chi connectivity index (χ0) is 13.0. The van der Waals surface area contributed by atoms with Gasteiger partial charge in [0.2, 0.25) is 0 Å². The van der Waals surface area contributed by atoms with Gasteiger partial charge in [0, 0.05) is 17.1 Å². The van der Waals surface area contributed by atoms with Crippen molar-refractivity contribution >= 4 is 16.9 Å². The number of unbranched alkanes of at least 4 members (excludes halogenated alkanes) is 1. The maximum Gasteiger partial charge on any atom is 0.307 e. The lowest BCUT2D eigenvalue weighted by atomic mass is 10.1. The number of H-pyrrole nitrogens is 1. The number of benzene rings is 1. The van der Waals surface area contributed by atoms with E-state index in [1.165, 1.54) is 0 Å². The summed E-state index contributed by atoms with van der Waals surface area (Å²) < 4.78 is 5.62. The molecule has 2 N–H and O–H groups in total. The van der Waals surface area contributed by atoms with Gasteiger partial charge in [-0.15, -0.1) is 0 Å². The van der Waals surface area contributed by atoms with Crippen LogP contribution in [0, 0.1) is 0 Å². The number of nitrogens with one attached hydrogen (secondary N) is 1. The highest BCUT2D eigenvalue weighted by Gasteiger charge is 2.08. The normalized spacial score (nSPS) is 10.7. The molecule has 1 heterocycles. The molecule has 4 nitrogen and oxygen atoms in total. The standard InChI is InChI=1S/C14H17NO3/c1-2-3-6-18-11-4-5-13-12(8-11)10(9-15-13)7-14(16)17/h4-5,8-9,15H,2-3,6-7H2,1H3,(H,16,17). The van der Waals surface area contributed by atoms with Gasteiger partial charge in [0.25, 0.3) is 0 Å². The van der Waals surface area contributed by atoms with Gasteiger partial charge in [-0.3, -0.25) is 4.79 Å². The van der Waals surface area contributed by atoms with Crippen LogP contribution in [0.3, 0.4) is 0 Å². The van der Waals surface area contributed by atoms with E-state index >= 15 is 0 Å².